The molecule has 6 nitrogen and oxygen atoms in total. The molecule has 0 saturated carbocycles. The highest BCUT2D eigenvalue weighted by Gasteiger charge is 2.42. The minimum atomic E-state index is -1.39. The summed E-state index contributed by atoms with van der Waals surface area (Å²) in [6.07, 6.45) is -0.556. The molecule has 0 aliphatic carbocycles. The van der Waals surface area contributed by atoms with Crippen molar-refractivity contribution in [1.29, 1.82) is 0 Å². The predicted octanol–water partition coefficient (Wildman–Crippen LogP) is -0.794. The zero-order valence-corrected chi connectivity index (χ0v) is 11.9. The first-order valence-electron chi connectivity index (χ1n) is 7.13. The third-order valence-corrected chi connectivity index (χ3v) is 3.79. The Hall–Kier alpha value is -1.47. The number of carbonyl (C=O) groups is 1. The molecule has 21 heavy (non-hydrogen) atoms. The van der Waals surface area contributed by atoms with Gasteiger partial charge in [-0.05, 0) is 18.6 Å². The summed E-state index contributed by atoms with van der Waals surface area (Å²) in [6, 6.07) is 8.89. The number of hydrogen-bond donors (Lipinski definition) is 4. The molecule has 2 atom stereocenters. The molecule has 1 aliphatic rings. The molecule has 1 aliphatic heterocycles. The lowest BCUT2D eigenvalue weighted by Crippen LogP contribution is -2.62. The van der Waals surface area contributed by atoms with E-state index in [1.807, 2.05) is 6.07 Å². The van der Waals surface area contributed by atoms with Gasteiger partial charge in [0.15, 0.2) is 0 Å². The van der Waals surface area contributed by atoms with E-state index in [9.17, 15) is 15.0 Å². The Labute approximate surface area is 124 Å². The van der Waals surface area contributed by atoms with Gasteiger partial charge in [-0.15, -0.1) is 0 Å². The van der Waals surface area contributed by atoms with Crippen molar-refractivity contribution < 1.29 is 20.1 Å². The lowest BCUT2D eigenvalue weighted by atomic mass is 9.89. The van der Waals surface area contributed by atoms with Crippen molar-refractivity contribution in [2.75, 3.05) is 32.8 Å². The van der Waals surface area contributed by atoms with E-state index >= 15 is 0 Å². The Morgan fingerprint density at radius 2 is 2.10 bits per heavy atom. The third kappa shape index (κ3) is 3.79. The maximum absolute atomic E-state index is 12.4. The first kappa shape index (κ1) is 15.9. The van der Waals surface area contributed by atoms with Crippen LogP contribution in [0, 0.1) is 0 Å². The zero-order valence-electron chi connectivity index (χ0n) is 11.9. The summed E-state index contributed by atoms with van der Waals surface area (Å²) in [7, 11) is 0. The van der Waals surface area contributed by atoms with E-state index in [1.165, 1.54) is 0 Å². The summed E-state index contributed by atoms with van der Waals surface area (Å²) < 4.78 is 0. The monoisotopic (exact) mass is 294 g/mol. The Morgan fingerprint density at radius 3 is 2.76 bits per heavy atom. The molecule has 1 amide bonds. The van der Waals surface area contributed by atoms with Crippen LogP contribution in [-0.4, -0.2) is 70.6 Å². The molecule has 0 bridgehead atoms. The Morgan fingerprint density at radius 1 is 1.38 bits per heavy atom. The molecule has 0 aromatic heterocycles. The number of amides is 1. The largest absolute Gasteiger partial charge is 0.395 e. The molecule has 0 unspecified atom stereocenters. The average molecular weight is 294 g/mol. The number of β-amino-alcohol motifs (C(OH)–C–C–N with tert-alkyl or cyclic N) is 1. The van der Waals surface area contributed by atoms with E-state index < -0.39 is 11.7 Å². The van der Waals surface area contributed by atoms with Gasteiger partial charge in [-0.25, -0.2) is 0 Å². The summed E-state index contributed by atoms with van der Waals surface area (Å²) in [5.41, 5.74) is -0.822. The molecular weight excluding hydrogens is 272 g/mol. The molecule has 116 valence electrons. The number of piperidine rings is 1. The molecule has 0 radical (unpaired) electrons. The SMILES string of the molecule is O=C(c1ccccc1)N1CC[C@@H](O)[C@](O)(CNCCO)C1. The van der Waals surface area contributed by atoms with Gasteiger partial charge >= 0.3 is 0 Å². The molecule has 2 rings (SSSR count). The Bertz CT molecular complexity index is 468. The van der Waals surface area contributed by atoms with Crippen LogP contribution in [0.15, 0.2) is 30.3 Å². The van der Waals surface area contributed by atoms with Gasteiger partial charge in [0.05, 0.1) is 19.3 Å². The van der Waals surface area contributed by atoms with E-state index in [1.54, 1.807) is 29.2 Å². The van der Waals surface area contributed by atoms with E-state index in [0.717, 1.165) is 0 Å². The topological polar surface area (TPSA) is 93.0 Å². The van der Waals surface area contributed by atoms with Crippen molar-refractivity contribution in [3.8, 4) is 0 Å². The van der Waals surface area contributed by atoms with Crippen LogP contribution < -0.4 is 5.32 Å². The second kappa shape index (κ2) is 7.00. The van der Waals surface area contributed by atoms with Crippen molar-refractivity contribution in [3.05, 3.63) is 35.9 Å². The first-order valence-corrected chi connectivity index (χ1v) is 7.13. The number of carbonyl (C=O) groups excluding carboxylic acids is 1. The lowest BCUT2D eigenvalue weighted by molar-refractivity contribution is -0.111. The maximum atomic E-state index is 12.4. The number of nitrogens with zero attached hydrogens (tertiary/aromatic N) is 1. The second-order valence-corrected chi connectivity index (χ2v) is 5.40. The molecule has 6 heteroatoms. The number of nitrogens with one attached hydrogen (secondary N) is 1. The number of rotatable bonds is 5. The fraction of sp³-hybridized carbons (Fsp3) is 0.533. The van der Waals surface area contributed by atoms with Gasteiger partial charge in [0, 0.05) is 25.2 Å². The van der Waals surface area contributed by atoms with Crippen molar-refractivity contribution in [3.63, 3.8) is 0 Å². The minimum Gasteiger partial charge on any atom is -0.395 e. The van der Waals surface area contributed by atoms with Crippen LogP contribution >= 0.6 is 0 Å². The number of hydrogen-bond acceptors (Lipinski definition) is 5. The van der Waals surface area contributed by atoms with Crippen LogP contribution in [0.25, 0.3) is 0 Å². The average Bonchev–Trinajstić information content (AvgIpc) is 2.51. The molecule has 4 N–H and O–H groups in total. The van der Waals surface area contributed by atoms with Gasteiger partial charge in [0.25, 0.3) is 5.91 Å². The number of likely N-dealkylation sites (tertiary alicyclic amines) is 1. The van der Waals surface area contributed by atoms with Crippen LogP contribution in [0.4, 0.5) is 0 Å². The standard InChI is InChI=1S/C15H22N2O4/c18-9-7-16-10-15(21)11-17(8-6-13(15)19)14(20)12-4-2-1-3-5-12/h1-5,13,16,18-19,21H,6-11H2/t13-,15+/m1/s1. The second-order valence-electron chi connectivity index (χ2n) is 5.40. The molecule has 1 aromatic rings. The summed E-state index contributed by atoms with van der Waals surface area (Å²) >= 11 is 0. The summed E-state index contributed by atoms with van der Waals surface area (Å²) in [4.78, 5) is 14.0. The number of benzene rings is 1. The lowest BCUT2D eigenvalue weighted by Gasteiger charge is -2.42. The van der Waals surface area contributed by atoms with Crippen LogP contribution in [-0.2, 0) is 0 Å². The highest BCUT2D eigenvalue weighted by molar-refractivity contribution is 5.94. The Kier molecular flexibility index (Phi) is 5.30. The zero-order chi connectivity index (χ0) is 15.3. The van der Waals surface area contributed by atoms with Gasteiger partial charge in [-0.3, -0.25) is 4.79 Å². The van der Waals surface area contributed by atoms with Crippen LogP contribution in [0.3, 0.4) is 0 Å². The van der Waals surface area contributed by atoms with Crippen molar-refractivity contribution in [1.82, 2.24) is 10.2 Å². The van der Waals surface area contributed by atoms with E-state index in [-0.39, 0.29) is 25.6 Å². The molecular formula is C15H22N2O4. The summed E-state index contributed by atoms with van der Waals surface area (Å²) in [6.45, 7) is 0.908. The highest BCUT2D eigenvalue weighted by atomic mass is 16.3. The van der Waals surface area contributed by atoms with E-state index in [2.05, 4.69) is 5.32 Å². The van der Waals surface area contributed by atoms with Crippen molar-refractivity contribution in [2.24, 2.45) is 0 Å². The third-order valence-electron chi connectivity index (χ3n) is 3.79. The Balaban J connectivity index is 2.04. The fourth-order valence-electron chi connectivity index (χ4n) is 2.56. The summed E-state index contributed by atoms with van der Waals surface area (Å²) in [5, 5.41) is 32.2. The molecule has 1 fully saturated rings. The van der Waals surface area contributed by atoms with Crippen molar-refractivity contribution in [2.45, 2.75) is 18.1 Å². The predicted molar refractivity (Wildman–Crippen MR) is 77.9 cm³/mol. The molecule has 0 spiro atoms. The fourth-order valence-corrected chi connectivity index (χ4v) is 2.56. The smallest absolute Gasteiger partial charge is 0.253 e. The van der Waals surface area contributed by atoms with Crippen LogP contribution in [0.2, 0.25) is 0 Å². The van der Waals surface area contributed by atoms with Gasteiger partial charge < -0.3 is 25.5 Å². The van der Waals surface area contributed by atoms with Gasteiger partial charge in [-0.2, -0.15) is 0 Å². The van der Waals surface area contributed by atoms with Crippen LogP contribution in [0.1, 0.15) is 16.8 Å². The number of aliphatic hydroxyl groups is 3. The highest BCUT2D eigenvalue weighted by Crippen LogP contribution is 2.22. The molecule has 1 heterocycles. The molecule has 1 saturated heterocycles. The van der Waals surface area contributed by atoms with Crippen LogP contribution in [0.5, 0.6) is 0 Å². The minimum absolute atomic E-state index is 0.0428. The number of aliphatic hydroxyl groups excluding tert-OH is 2. The van der Waals surface area contributed by atoms with E-state index in [4.69, 9.17) is 5.11 Å². The normalized spacial score (nSPS) is 25.9. The maximum Gasteiger partial charge on any atom is 0.253 e. The van der Waals surface area contributed by atoms with Gasteiger partial charge in [0.2, 0.25) is 0 Å². The van der Waals surface area contributed by atoms with Crippen molar-refractivity contribution >= 4 is 5.91 Å². The first-order chi connectivity index (χ1) is 10.1. The molecule has 1 aromatic carbocycles. The van der Waals surface area contributed by atoms with Gasteiger partial charge in [-0.1, -0.05) is 18.2 Å². The van der Waals surface area contributed by atoms with E-state index in [0.29, 0.717) is 25.1 Å². The quantitative estimate of drug-likeness (QED) is 0.534. The summed E-state index contributed by atoms with van der Waals surface area (Å²) in [5.74, 6) is -0.150. The van der Waals surface area contributed by atoms with Gasteiger partial charge in [0.1, 0.15) is 5.60 Å².